The van der Waals surface area contributed by atoms with Crippen molar-refractivity contribution in [1.82, 2.24) is 4.98 Å². The monoisotopic (exact) mass is 239 g/mol. The fourth-order valence-electron chi connectivity index (χ4n) is 1.42. The quantitative estimate of drug-likeness (QED) is 0.762. The first-order valence-electron chi connectivity index (χ1n) is 4.27. The summed E-state index contributed by atoms with van der Waals surface area (Å²) in [7, 11) is 0. The smallest absolute Gasteiger partial charge is 0.192 e. The molecule has 0 spiro atoms. The van der Waals surface area contributed by atoms with Gasteiger partial charge in [0.05, 0.1) is 4.47 Å². The molecule has 1 aromatic carbocycles. The van der Waals surface area contributed by atoms with Crippen molar-refractivity contribution in [3.8, 4) is 0 Å². The summed E-state index contributed by atoms with van der Waals surface area (Å²) in [4.78, 5) is 4.35. The molecule has 0 amide bonds. The molecule has 0 fully saturated rings. The topological polar surface area (TPSA) is 26.0 Å². The first-order valence-corrected chi connectivity index (χ1v) is 5.06. The number of rotatable bonds is 1. The number of benzene rings is 1. The number of fused-ring (bicyclic) bond motifs is 1. The van der Waals surface area contributed by atoms with Crippen molar-refractivity contribution in [2.45, 2.75) is 20.3 Å². The fraction of sp³-hybridized carbons (Fsp3) is 0.300. The predicted octanol–water partition coefficient (Wildman–Crippen LogP) is 3.46. The Morgan fingerprint density at radius 1 is 1.46 bits per heavy atom. The average molecular weight is 240 g/mol. The zero-order chi connectivity index (χ0) is 9.42. The summed E-state index contributed by atoms with van der Waals surface area (Å²) in [6.07, 6.45) is 0.982. The number of oxazole rings is 1. The van der Waals surface area contributed by atoms with E-state index < -0.39 is 0 Å². The second-order valence-corrected chi connectivity index (χ2v) is 3.83. The van der Waals surface area contributed by atoms with Gasteiger partial charge in [-0.05, 0) is 34.0 Å². The summed E-state index contributed by atoms with van der Waals surface area (Å²) in [5.41, 5.74) is 3.07. The van der Waals surface area contributed by atoms with Gasteiger partial charge in [0, 0.05) is 6.92 Å². The SMILES string of the molecule is CCc1ccc(Br)c2oc(C)nc12. The molecule has 0 saturated carbocycles. The molecule has 0 saturated heterocycles. The second-order valence-electron chi connectivity index (χ2n) is 2.97. The lowest BCUT2D eigenvalue weighted by molar-refractivity contribution is 0.559. The van der Waals surface area contributed by atoms with Gasteiger partial charge < -0.3 is 4.42 Å². The Bertz CT molecular complexity index is 447. The van der Waals surface area contributed by atoms with Crippen LogP contribution in [-0.4, -0.2) is 4.98 Å². The largest absolute Gasteiger partial charge is 0.440 e. The molecule has 2 rings (SSSR count). The van der Waals surface area contributed by atoms with Crippen molar-refractivity contribution in [3.63, 3.8) is 0 Å². The third kappa shape index (κ3) is 1.37. The molecular weight excluding hydrogens is 230 g/mol. The van der Waals surface area contributed by atoms with Crippen LogP contribution >= 0.6 is 15.9 Å². The molecule has 0 bridgehead atoms. The van der Waals surface area contributed by atoms with E-state index in [9.17, 15) is 0 Å². The standard InChI is InChI=1S/C10H10BrNO/c1-3-7-4-5-8(11)10-9(7)12-6(2)13-10/h4-5H,3H2,1-2H3. The lowest BCUT2D eigenvalue weighted by Crippen LogP contribution is -1.82. The van der Waals surface area contributed by atoms with E-state index in [1.807, 2.05) is 13.0 Å². The molecule has 0 aliphatic rings. The number of hydrogen-bond donors (Lipinski definition) is 0. The van der Waals surface area contributed by atoms with Crippen molar-refractivity contribution in [1.29, 1.82) is 0 Å². The molecule has 1 aromatic heterocycles. The van der Waals surface area contributed by atoms with Crippen LogP contribution in [0.5, 0.6) is 0 Å². The highest BCUT2D eigenvalue weighted by molar-refractivity contribution is 9.10. The van der Waals surface area contributed by atoms with Crippen LogP contribution in [0.15, 0.2) is 21.0 Å². The molecule has 68 valence electrons. The number of halogens is 1. The van der Waals surface area contributed by atoms with Gasteiger partial charge in [0.15, 0.2) is 11.5 Å². The van der Waals surface area contributed by atoms with E-state index in [1.54, 1.807) is 0 Å². The van der Waals surface area contributed by atoms with Gasteiger partial charge in [0.2, 0.25) is 0 Å². The van der Waals surface area contributed by atoms with Gasteiger partial charge in [-0.3, -0.25) is 0 Å². The van der Waals surface area contributed by atoms with Gasteiger partial charge in [-0.15, -0.1) is 0 Å². The summed E-state index contributed by atoms with van der Waals surface area (Å²) in [6, 6.07) is 4.08. The van der Waals surface area contributed by atoms with E-state index in [1.165, 1.54) is 5.56 Å². The van der Waals surface area contributed by atoms with Gasteiger partial charge >= 0.3 is 0 Å². The van der Waals surface area contributed by atoms with E-state index in [0.717, 1.165) is 27.9 Å². The Hall–Kier alpha value is -0.830. The average Bonchev–Trinajstić information content (AvgIpc) is 2.48. The minimum Gasteiger partial charge on any atom is -0.440 e. The van der Waals surface area contributed by atoms with Gasteiger partial charge in [0.1, 0.15) is 5.52 Å². The lowest BCUT2D eigenvalue weighted by atomic mass is 10.1. The molecule has 3 heteroatoms. The van der Waals surface area contributed by atoms with Crippen LogP contribution in [0.4, 0.5) is 0 Å². The molecule has 2 aromatic rings. The van der Waals surface area contributed by atoms with E-state index in [2.05, 4.69) is 33.9 Å². The molecule has 1 heterocycles. The Labute approximate surface area is 85.1 Å². The molecule has 0 radical (unpaired) electrons. The van der Waals surface area contributed by atoms with Gasteiger partial charge in [-0.1, -0.05) is 13.0 Å². The van der Waals surface area contributed by atoms with Gasteiger partial charge in [-0.2, -0.15) is 0 Å². The highest BCUT2D eigenvalue weighted by Crippen LogP contribution is 2.27. The number of hydrogen-bond acceptors (Lipinski definition) is 2. The van der Waals surface area contributed by atoms with Gasteiger partial charge in [-0.25, -0.2) is 4.98 Å². The van der Waals surface area contributed by atoms with Crippen molar-refractivity contribution in [2.24, 2.45) is 0 Å². The Balaban J connectivity index is 2.83. The van der Waals surface area contributed by atoms with E-state index in [0.29, 0.717) is 0 Å². The molecule has 2 nitrogen and oxygen atoms in total. The normalized spacial score (nSPS) is 11.0. The molecule has 0 unspecified atom stereocenters. The highest BCUT2D eigenvalue weighted by Gasteiger charge is 2.09. The maximum atomic E-state index is 5.48. The minimum absolute atomic E-state index is 0.719. The van der Waals surface area contributed by atoms with Crippen LogP contribution in [0.3, 0.4) is 0 Å². The Morgan fingerprint density at radius 2 is 2.23 bits per heavy atom. The van der Waals surface area contributed by atoms with Crippen LogP contribution in [0.25, 0.3) is 11.1 Å². The number of aromatic nitrogens is 1. The van der Waals surface area contributed by atoms with Crippen LogP contribution in [0, 0.1) is 6.92 Å². The molecular formula is C10H10BrNO. The van der Waals surface area contributed by atoms with Crippen molar-refractivity contribution < 1.29 is 4.42 Å². The minimum atomic E-state index is 0.719. The van der Waals surface area contributed by atoms with Crippen LogP contribution in [0.2, 0.25) is 0 Å². The van der Waals surface area contributed by atoms with E-state index >= 15 is 0 Å². The zero-order valence-corrected chi connectivity index (χ0v) is 9.18. The lowest BCUT2D eigenvalue weighted by Gasteiger charge is -1.97. The van der Waals surface area contributed by atoms with E-state index in [-0.39, 0.29) is 0 Å². The molecule has 0 aliphatic carbocycles. The van der Waals surface area contributed by atoms with Crippen molar-refractivity contribution in [3.05, 3.63) is 28.1 Å². The molecule has 13 heavy (non-hydrogen) atoms. The first kappa shape index (κ1) is 8.75. The third-order valence-corrected chi connectivity index (χ3v) is 2.69. The summed E-state index contributed by atoms with van der Waals surface area (Å²) < 4.78 is 6.46. The maximum Gasteiger partial charge on any atom is 0.192 e. The second kappa shape index (κ2) is 3.14. The predicted molar refractivity (Wildman–Crippen MR) is 55.8 cm³/mol. The highest BCUT2D eigenvalue weighted by atomic mass is 79.9. The first-order chi connectivity index (χ1) is 6.22. The van der Waals surface area contributed by atoms with Crippen LogP contribution < -0.4 is 0 Å². The van der Waals surface area contributed by atoms with E-state index in [4.69, 9.17) is 4.42 Å². The summed E-state index contributed by atoms with van der Waals surface area (Å²) in [6.45, 7) is 3.98. The van der Waals surface area contributed by atoms with Crippen LogP contribution in [0.1, 0.15) is 18.4 Å². The summed E-state index contributed by atoms with van der Waals surface area (Å²) >= 11 is 3.44. The third-order valence-electron chi connectivity index (χ3n) is 2.07. The Morgan fingerprint density at radius 3 is 2.92 bits per heavy atom. The molecule has 0 aliphatic heterocycles. The van der Waals surface area contributed by atoms with Crippen molar-refractivity contribution >= 4 is 27.0 Å². The number of aryl methyl sites for hydroxylation is 2. The summed E-state index contributed by atoms with van der Waals surface area (Å²) in [5, 5.41) is 0. The molecule has 0 atom stereocenters. The summed E-state index contributed by atoms with van der Waals surface area (Å²) in [5.74, 6) is 0.719. The van der Waals surface area contributed by atoms with Gasteiger partial charge in [0.25, 0.3) is 0 Å². The number of nitrogens with zero attached hydrogens (tertiary/aromatic N) is 1. The molecule has 0 N–H and O–H groups in total. The van der Waals surface area contributed by atoms with Crippen LogP contribution in [-0.2, 0) is 6.42 Å². The zero-order valence-electron chi connectivity index (χ0n) is 7.60. The maximum absolute atomic E-state index is 5.48. The van der Waals surface area contributed by atoms with Crippen molar-refractivity contribution in [2.75, 3.05) is 0 Å². The fourth-order valence-corrected chi connectivity index (χ4v) is 1.82. The Kier molecular flexibility index (Phi) is 2.12.